The van der Waals surface area contributed by atoms with Crippen LogP contribution in [0.2, 0.25) is 0 Å². The molecule has 2 heteroatoms. The van der Waals surface area contributed by atoms with Gasteiger partial charge in [-0.2, -0.15) is 0 Å². The number of hydrogen-bond donors (Lipinski definition) is 0. The van der Waals surface area contributed by atoms with Gasteiger partial charge in [0.2, 0.25) is 0 Å². The minimum absolute atomic E-state index is 0.262. The molecule has 2 nitrogen and oxygen atoms in total. The van der Waals surface area contributed by atoms with Crippen LogP contribution in [0.1, 0.15) is 54.0 Å². The van der Waals surface area contributed by atoms with Crippen LogP contribution in [0.5, 0.6) is 0 Å². The lowest BCUT2D eigenvalue weighted by Crippen LogP contribution is -2.34. The molecular formula is C42H34N2. The van der Waals surface area contributed by atoms with E-state index in [2.05, 4.69) is 155 Å². The maximum Gasteiger partial charge on any atom is 0.0634 e. The first kappa shape index (κ1) is 25.4. The van der Waals surface area contributed by atoms with Gasteiger partial charge >= 0.3 is 0 Å². The van der Waals surface area contributed by atoms with Crippen molar-refractivity contribution in [3.63, 3.8) is 0 Å². The highest BCUT2D eigenvalue weighted by Crippen LogP contribution is 2.53. The minimum atomic E-state index is 0.262. The van der Waals surface area contributed by atoms with Gasteiger partial charge in [-0.15, -0.1) is 0 Å². The van der Waals surface area contributed by atoms with Crippen LogP contribution in [-0.4, -0.2) is 10.6 Å². The second-order valence-electron chi connectivity index (χ2n) is 12.3. The molecule has 44 heavy (non-hydrogen) atoms. The van der Waals surface area contributed by atoms with Gasteiger partial charge < -0.3 is 9.47 Å². The van der Waals surface area contributed by atoms with Gasteiger partial charge in [0, 0.05) is 28.4 Å². The molecule has 0 saturated heterocycles. The first-order valence-electron chi connectivity index (χ1n) is 16.0. The van der Waals surface area contributed by atoms with Crippen molar-refractivity contribution in [1.29, 1.82) is 0 Å². The van der Waals surface area contributed by atoms with Crippen LogP contribution in [0.4, 0.5) is 5.69 Å². The van der Waals surface area contributed by atoms with Crippen LogP contribution >= 0.6 is 0 Å². The summed E-state index contributed by atoms with van der Waals surface area (Å²) < 4.78 is 2.51. The fourth-order valence-electron chi connectivity index (χ4n) is 7.86. The molecular weight excluding hydrogens is 532 g/mol. The molecule has 4 aromatic carbocycles. The van der Waals surface area contributed by atoms with Crippen molar-refractivity contribution in [2.45, 2.75) is 37.6 Å². The number of allylic oxidation sites excluding steroid dienone is 8. The summed E-state index contributed by atoms with van der Waals surface area (Å²) in [6, 6.07) is 36.4. The summed E-state index contributed by atoms with van der Waals surface area (Å²) in [5, 5.41) is 1.34. The molecule has 5 aromatic rings. The van der Waals surface area contributed by atoms with E-state index in [1.807, 2.05) is 0 Å². The normalized spacial score (nSPS) is 19.9. The number of aromatic nitrogens is 1. The van der Waals surface area contributed by atoms with Crippen LogP contribution in [0, 0.1) is 0 Å². The van der Waals surface area contributed by atoms with E-state index >= 15 is 0 Å². The van der Waals surface area contributed by atoms with Crippen molar-refractivity contribution in [2.75, 3.05) is 4.90 Å². The van der Waals surface area contributed by atoms with E-state index < -0.39 is 0 Å². The van der Waals surface area contributed by atoms with E-state index in [0.29, 0.717) is 0 Å². The highest BCUT2D eigenvalue weighted by molar-refractivity contribution is 5.96. The Morgan fingerprint density at radius 2 is 1.52 bits per heavy atom. The zero-order valence-corrected chi connectivity index (χ0v) is 24.7. The van der Waals surface area contributed by atoms with Crippen molar-refractivity contribution in [3.05, 3.63) is 168 Å². The lowest BCUT2D eigenvalue weighted by molar-refractivity contribution is 0.688. The van der Waals surface area contributed by atoms with Crippen LogP contribution < -0.4 is 4.90 Å². The number of hydrogen-bond acceptors (Lipinski definition) is 1. The third-order valence-electron chi connectivity index (χ3n) is 9.84. The molecule has 1 aromatic heterocycles. The molecule has 0 amide bonds. The van der Waals surface area contributed by atoms with Gasteiger partial charge in [-0.05, 0) is 95.5 Å². The molecule has 0 radical (unpaired) electrons. The average molecular weight is 567 g/mol. The zero-order valence-electron chi connectivity index (χ0n) is 24.7. The van der Waals surface area contributed by atoms with Gasteiger partial charge in [-0.25, -0.2) is 0 Å². The Bertz CT molecular complexity index is 2060. The smallest absolute Gasteiger partial charge is 0.0634 e. The quantitative estimate of drug-likeness (QED) is 0.210. The molecule has 2 unspecified atom stereocenters. The van der Waals surface area contributed by atoms with Gasteiger partial charge in [0.15, 0.2) is 0 Å². The van der Waals surface area contributed by atoms with E-state index in [1.165, 1.54) is 67.1 Å². The molecule has 3 aliphatic carbocycles. The fraction of sp³-hybridized carbons (Fsp3) is 0.143. The van der Waals surface area contributed by atoms with E-state index in [4.69, 9.17) is 0 Å². The summed E-state index contributed by atoms with van der Waals surface area (Å²) in [6.07, 6.45) is 23.0. The van der Waals surface area contributed by atoms with E-state index in [9.17, 15) is 0 Å². The second-order valence-corrected chi connectivity index (χ2v) is 12.3. The van der Waals surface area contributed by atoms with Crippen molar-refractivity contribution >= 4 is 28.2 Å². The van der Waals surface area contributed by atoms with Crippen molar-refractivity contribution < 1.29 is 0 Å². The van der Waals surface area contributed by atoms with Gasteiger partial charge in [-0.1, -0.05) is 109 Å². The predicted octanol–water partition coefficient (Wildman–Crippen LogP) is 10.6. The molecule has 0 spiro atoms. The minimum Gasteiger partial charge on any atom is -0.337 e. The Morgan fingerprint density at radius 3 is 2.34 bits per heavy atom. The summed E-state index contributed by atoms with van der Waals surface area (Å²) >= 11 is 0. The Balaban J connectivity index is 1.26. The van der Waals surface area contributed by atoms with Crippen molar-refractivity contribution in [2.24, 2.45) is 0 Å². The Kier molecular flexibility index (Phi) is 5.94. The highest BCUT2D eigenvalue weighted by Gasteiger charge is 2.43. The maximum atomic E-state index is 2.62. The van der Waals surface area contributed by atoms with Crippen molar-refractivity contribution in [3.8, 4) is 16.8 Å². The van der Waals surface area contributed by atoms with Crippen LogP contribution in [0.15, 0.2) is 145 Å². The van der Waals surface area contributed by atoms with Gasteiger partial charge in [0.25, 0.3) is 0 Å². The molecule has 0 bridgehead atoms. The molecule has 9 rings (SSSR count). The number of para-hydroxylation sites is 1. The summed E-state index contributed by atoms with van der Waals surface area (Å²) in [4.78, 5) is 2.62. The first-order valence-corrected chi connectivity index (χ1v) is 16.0. The predicted molar refractivity (Wildman–Crippen MR) is 185 cm³/mol. The Hall–Kier alpha value is -5.08. The third kappa shape index (κ3) is 3.94. The second kappa shape index (κ2) is 10.3. The molecule has 4 aliphatic rings. The monoisotopic (exact) mass is 566 g/mol. The Morgan fingerprint density at radius 1 is 0.682 bits per heavy atom. The standard InChI is InChI=1S/C42H34N2/c1-4-12-29(13-5-1)31-20-23-34(24-21-31)44-39-27-26-38-41(35-18-10-11-19-37(35)43(38)33-16-8-3-9-17-33)42(39)36-25-22-32(28-40(36)44)30-14-6-2-7-15-30/h2-4,6-8,10-16,18-28,38,41H,1,5,9,17H2. The number of rotatable bonds is 4. The Labute approximate surface area is 259 Å². The molecule has 0 fully saturated rings. The van der Waals surface area contributed by atoms with Crippen molar-refractivity contribution in [1.82, 2.24) is 4.57 Å². The topological polar surface area (TPSA) is 8.17 Å². The third-order valence-corrected chi connectivity index (χ3v) is 9.84. The number of benzene rings is 4. The largest absolute Gasteiger partial charge is 0.337 e. The van der Waals surface area contributed by atoms with Gasteiger partial charge in [0.05, 0.1) is 17.3 Å². The van der Waals surface area contributed by atoms with Gasteiger partial charge in [-0.3, -0.25) is 0 Å². The van der Waals surface area contributed by atoms with Crippen LogP contribution in [0.3, 0.4) is 0 Å². The summed E-state index contributed by atoms with van der Waals surface area (Å²) in [5.74, 6) is 0.265. The number of nitrogens with zero attached hydrogens (tertiary/aromatic N) is 2. The molecule has 0 saturated carbocycles. The van der Waals surface area contributed by atoms with Crippen LogP contribution in [-0.2, 0) is 0 Å². The van der Waals surface area contributed by atoms with Crippen LogP contribution in [0.25, 0.3) is 39.4 Å². The molecule has 2 heterocycles. The number of anilines is 1. The summed E-state index contributed by atoms with van der Waals surface area (Å²) in [5.41, 5.74) is 14.5. The molecule has 212 valence electrons. The molecule has 2 atom stereocenters. The van der Waals surface area contributed by atoms with Gasteiger partial charge in [0.1, 0.15) is 0 Å². The summed E-state index contributed by atoms with van der Waals surface area (Å²) in [7, 11) is 0. The number of fused-ring (bicyclic) bond motifs is 7. The SMILES string of the molecule is C1=CCCC(N2c3ccccc3C3c4c(n(-c5ccc(C6=CCCC=C6)cc5)c5cc(-c6ccccc6)ccc45)C=CC32)=C1. The molecule has 1 aliphatic heterocycles. The maximum absolute atomic E-state index is 2.62. The lowest BCUT2D eigenvalue weighted by atomic mass is 9.82. The molecule has 0 N–H and O–H groups in total. The lowest BCUT2D eigenvalue weighted by Gasteiger charge is -2.33. The first-order chi connectivity index (χ1) is 21.8. The van der Waals surface area contributed by atoms with E-state index in [1.54, 1.807) is 0 Å². The zero-order chi connectivity index (χ0) is 29.0. The highest BCUT2D eigenvalue weighted by atomic mass is 15.2. The fourth-order valence-corrected chi connectivity index (χ4v) is 7.86. The summed E-state index contributed by atoms with van der Waals surface area (Å²) in [6.45, 7) is 0. The average Bonchev–Trinajstić information content (AvgIpc) is 3.62. The van der Waals surface area contributed by atoms with E-state index in [0.717, 1.165) is 25.7 Å². The van der Waals surface area contributed by atoms with E-state index in [-0.39, 0.29) is 12.0 Å².